The van der Waals surface area contributed by atoms with E-state index in [1.54, 1.807) is 62.4 Å². The van der Waals surface area contributed by atoms with Gasteiger partial charge in [0.15, 0.2) is 0 Å². The molecule has 1 aromatic carbocycles. The Kier molecular flexibility index (Phi) is 10.1. The summed E-state index contributed by atoms with van der Waals surface area (Å²) in [6.07, 6.45) is 1.61. The number of hydrogen-bond donors (Lipinski definition) is 1. The van der Waals surface area contributed by atoms with Gasteiger partial charge in [-0.1, -0.05) is 6.07 Å². The van der Waals surface area contributed by atoms with Crippen molar-refractivity contribution < 1.29 is 32.2 Å². The maximum atomic E-state index is 13.7. The van der Waals surface area contributed by atoms with Crippen LogP contribution in [0.4, 0.5) is 5.82 Å². The van der Waals surface area contributed by atoms with Crippen molar-refractivity contribution in [3.8, 4) is 5.75 Å². The monoisotopic (exact) mass is 575 g/mol. The van der Waals surface area contributed by atoms with Crippen LogP contribution in [0, 0.1) is 13.8 Å². The van der Waals surface area contributed by atoms with E-state index in [1.807, 2.05) is 4.90 Å². The number of sulfonamides is 1. The fraction of sp³-hybridized carbons (Fsp3) is 0.519. The largest absolute Gasteiger partial charge is 0.497 e. The van der Waals surface area contributed by atoms with Crippen LogP contribution < -0.4 is 10.1 Å². The minimum Gasteiger partial charge on any atom is -0.497 e. The summed E-state index contributed by atoms with van der Waals surface area (Å²) in [6.45, 7) is 6.32. The smallest absolute Gasteiger partial charge is 0.248 e. The first-order valence-corrected chi connectivity index (χ1v) is 14.7. The summed E-state index contributed by atoms with van der Waals surface area (Å²) in [5, 5.41) is 2.76. The first-order chi connectivity index (χ1) is 19.2. The van der Waals surface area contributed by atoms with Crippen LogP contribution in [0.5, 0.6) is 5.75 Å². The van der Waals surface area contributed by atoms with Crippen molar-refractivity contribution in [3.63, 3.8) is 0 Å². The number of pyridine rings is 1. The van der Waals surface area contributed by atoms with Gasteiger partial charge in [-0.3, -0.25) is 14.5 Å². The molecule has 2 aromatic rings. The summed E-state index contributed by atoms with van der Waals surface area (Å²) in [7, 11) is -2.28. The lowest BCUT2D eigenvalue weighted by Gasteiger charge is -2.36. The Morgan fingerprint density at radius 3 is 2.48 bits per heavy atom. The Hall–Kier alpha value is -3.10. The van der Waals surface area contributed by atoms with Gasteiger partial charge in [0.2, 0.25) is 21.8 Å². The van der Waals surface area contributed by atoms with Crippen molar-refractivity contribution in [3.05, 3.63) is 47.7 Å². The number of rotatable bonds is 10. The molecule has 218 valence electrons. The molecule has 4 rings (SSSR count). The molecule has 3 heterocycles. The number of nitrogens with one attached hydrogen (secondary N) is 1. The third-order valence-electron chi connectivity index (χ3n) is 6.97. The number of amides is 2. The number of ether oxygens (including phenoxy) is 3. The minimum atomic E-state index is -3.82. The van der Waals surface area contributed by atoms with Crippen LogP contribution in [0.3, 0.4) is 0 Å². The molecule has 1 N–H and O–H groups in total. The normalized spacial score (nSPS) is 18.9. The number of anilines is 1. The van der Waals surface area contributed by atoms with Crippen molar-refractivity contribution in [1.29, 1.82) is 0 Å². The molecule has 40 heavy (non-hydrogen) atoms. The van der Waals surface area contributed by atoms with Crippen molar-refractivity contribution in [2.24, 2.45) is 0 Å². The number of aryl methyl sites for hydroxylation is 2. The maximum Gasteiger partial charge on any atom is 0.248 e. The van der Waals surface area contributed by atoms with E-state index in [9.17, 15) is 18.0 Å². The Bertz CT molecular complexity index is 1260. The lowest BCUT2D eigenvalue weighted by Crippen LogP contribution is -2.52. The van der Waals surface area contributed by atoms with Gasteiger partial charge in [0.25, 0.3) is 0 Å². The second kappa shape index (κ2) is 13.5. The summed E-state index contributed by atoms with van der Waals surface area (Å²) in [5.74, 6) is 0.770. The van der Waals surface area contributed by atoms with Crippen molar-refractivity contribution in [2.75, 3.05) is 78.1 Å². The van der Waals surface area contributed by atoms with Gasteiger partial charge in [-0.05, 0) is 49.2 Å². The molecule has 13 heteroatoms. The fourth-order valence-electron chi connectivity index (χ4n) is 4.99. The number of morpholine rings is 1. The van der Waals surface area contributed by atoms with Crippen molar-refractivity contribution in [2.45, 2.75) is 24.8 Å². The molecule has 0 unspecified atom stereocenters. The molecule has 1 aromatic heterocycles. The predicted octanol–water partition coefficient (Wildman–Crippen LogP) is 0.896. The summed E-state index contributed by atoms with van der Waals surface area (Å²) >= 11 is 0. The van der Waals surface area contributed by atoms with E-state index in [1.165, 1.54) is 4.31 Å². The number of benzene rings is 1. The van der Waals surface area contributed by atoms with Crippen molar-refractivity contribution >= 4 is 27.7 Å². The van der Waals surface area contributed by atoms with Gasteiger partial charge >= 0.3 is 0 Å². The van der Waals surface area contributed by atoms with Crippen LogP contribution in [0.1, 0.15) is 11.1 Å². The van der Waals surface area contributed by atoms with E-state index in [2.05, 4.69) is 10.3 Å². The van der Waals surface area contributed by atoms with Crippen LogP contribution in [0.15, 0.2) is 41.4 Å². The van der Waals surface area contributed by atoms with E-state index in [0.29, 0.717) is 48.9 Å². The summed E-state index contributed by atoms with van der Waals surface area (Å²) in [6, 6.07) is 8.16. The first kappa shape index (κ1) is 29.9. The first-order valence-electron chi connectivity index (χ1n) is 13.2. The number of nitrogens with zero attached hydrogens (tertiary/aromatic N) is 4. The zero-order valence-electron chi connectivity index (χ0n) is 23.2. The molecule has 2 aliphatic heterocycles. The molecule has 2 aliphatic rings. The lowest BCUT2D eigenvalue weighted by molar-refractivity contribution is -0.139. The number of carbonyl (C=O) groups excluding carboxylic acids is 2. The highest BCUT2D eigenvalue weighted by atomic mass is 32.2. The molecule has 0 aliphatic carbocycles. The van der Waals surface area contributed by atoms with Gasteiger partial charge in [-0.15, -0.1) is 0 Å². The second-order valence-electron chi connectivity index (χ2n) is 9.87. The molecule has 1 atom stereocenters. The fourth-order valence-corrected chi connectivity index (χ4v) is 6.99. The zero-order chi connectivity index (χ0) is 28.7. The zero-order valence-corrected chi connectivity index (χ0v) is 24.0. The SMILES string of the molecule is COc1cc(C)c(S(=O)(=O)N2CCOC[C@H]2COCC(=O)N2CCN(CC(=O)Nc3ccccn3)CC2)c(C)c1. The number of carbonyl (C=O) groups is 2. The molecule has 0 spiro atoms. The standard InChI is InChI=1S/C27H37N5O7S/c1-20-14-23(37-3)15-21(2)27(20)40(35,36)32-12-13-38-17-22(32)18-39-19-26(34)31-10-8-30(9-11-31)16-25(33)29-24-6-4-5-7-28-24/h4-7,14-15,22H,8-13,16-19H2,1-3H3,(H,28,29,33)/t22-/m0/s1. The third-order valence-corrected chi connectivity index (χ3v) is 9.23. The summed E-state index contributed by atoms with van der Waals surface area (Å²) < 4.78 is 45.3. The van der Waals surface area contributed by atoms with E-state index in [4.69, 9.17) is 14.2 Å². The van der Waals surface area contributed by atoms with Crippen molar-refractivity contribution in [1.82, 2.24) is 19.1 Å². The molecular weight excluding hydrogens is 538 g/mol. The molecule has 0 saturated carbocycles. The van der Waals surface area contributed by atoms with Crippen LogP contribution in [0.2, 0.25) is 0 Å². The predicted molar refractivity (Wildman–Crippen MR) is 148 cm³/mol. The molecule has 0 radical (unpaired) electrons. The van der Waals surface area contributed by atoms with E-state index >= 15 is 0 Å². The molecular formula is C27H37N5O7S. The highest BCUT2D eigenvalue weighted by Crippen LogP contribution is 2.30. The van der Waals surface area contributed by atoms with Crippen LogP contribution >= 0.6 is 0 Å². The number of methoxy groups -OCH3 is 1. The summed E-state index contributed by atoms with van der Waals surface area (Å²) in [5.41, 5.74) is 1.21. The van der Waals surface area contributed by atoms with E-state index in [-0.39, 0.29) is 56.2 Å². The molecule has 2 saturated heterocycles. The van der Waals surface area contributed by atoms with E-state index < -0.39 is 16.1 Å². The number of aromatic nitrogens is 1. The van der Waals surface area contributed by atoms with Gasteiger partial charge in [0.05, 0.1) is 44.4 Å². The second-order valence-corrected chi connectivity index (χ2v) is 11.7. The average Bonchev–Trinajstić information content (AvgIpc) is 2.93. The van der Waals surface area contributed by atoms with Gasteiger partial charge in [-0.25, -0.2) is 13.4 Å². The van der Waals surface area contributed by atoms with Gasteiger partial charge in [-0.2, -0.15) is 4.31 Å². The quantitative estimate of drug-likeness (QED) is 0.439. The summed E-state index contributed by atoms with van der Waals surface area (Å²) in [4.78, 5) is 33.1. The number of hydrogen-bond acceptors (Lipinski definition) is 9. The Labute approximate surface area is 235 Å². The Morgan fingerprint density at radius 2 is 1.82 bits per heavy atom. The van der Waals surface area contributed by atoms with Gasteiger partial charge < -0.3 is 24.4 Å². The minimum absolute atomic E-state index is 0.0346. The third kappa shape index (κ3) is 7.34. The average molecular weight is 576 g/mol. The highest BCUT2D eigenvalue weighted by molar-refractivity contribution is 7.89. The van der Waals surface area contributed by atoms with Gasteiger partial charge in [0, 0.05) is 38.9 Å². The number of piperazine rings is 1. The van der Waals surface area contributed by atoms with Crippen LogP contribution in [-0.4, -0.2) is 118 Å². The molecule has 0 bridgehead atoms. The maximum absolute atomic E-state index is 13.7. The Balaban J connectivity index is 1.26. The molecule has 12 nitrogen and oxygen atoms in total. The topological polar surface area (TPSA) is 131 Å². The van der Waals surface area contributed by atoms with E-state index in [0.717, 1.165) is 0 Å². The Morgan fingerprint density at radius 1 is 1.10 bits per heavy atom. The van der Waals surface area contributed by atoms with Crippen LogP contribution in [0.25, 0.3) is 0 Å². The highest BCUT2D eigenvalue weighted by Gasteiger charge is 2.36. The van der Waals surface area contributed by atoms with Crippen LogP contribution in [-0.2, 0) is 29.1 Å². The molecule has 2 fully saturated rings. The lowest BCUT2D eigenvalue weighted by atomic mass is 10.1. The molecule has 2 amide bonds. The van der Waals surface area contributed by atoms with Gasteiger partial charge in [0.1, 0.15) is 18.2 Å².